The molecule has 2 unspecified atom stereocenters. The number of aliphatic hydroxyl groups excluding tert-OH is 1. The van der Waals surface area contributed by atoms with Crippen molar-refractivity contribution in [1.29, 1.82) is 0 Å². The summed E-state index contributed by atoms with van der Waals surface area (Å²) in [6.07, 6.45) is 8.83. The molecule has 0 radical (unpaired) electrons. The minimum Gasteiger partial charge on any atom is -0.495 e. The molecule has 17 nitrogen and oxygen atoms in total. The number of ether oxygens (including phenoxy) is 2. The zero-order valence-electron chi connectivity index (χ0n) is 38.2. The number of piperidine rings is 2. The average molecular weight is 928 g/mol. The number of fused-ring (bicyclic) bond motifs is 1. The van der Waals surface area contributed by atoms with Gasteiger partial charge >= 0.3 is 0 Å². The van der Waals surface area contributed by atoms with E-state index in [4.69, 9.17) is 14.5 Å². The number of nitrogens with one attached hydrogen (secondary N) is 3. The number of carbonyl (C=O) groups excluding carboxylic acids is 5. The van der Waals surface area contributed by atoms with Crippen LogP contribution in [0.5, 0.6) is 5.75 Å². The topological polar surface area (TPSA) is 199 Å². The van der Waals surface area contributed by atoms with Crippen LogP contribution in [-0.2, 0) is 23.9 Å². The fourth-order valence-corrected chi connectivity index (χ4v) is 11.3. The molecule has 1 aromatic heterocycles. The number of hydrogen-bond acceptors (Lipinski definition) is 13. The summed E-state index contributed by atoms with van der Waals surface area (Å²) in [6, 6.07) is 7.34. The van der Waals surface area contributed by atoms with Gasteiger partial charge in [0, 0.05) is 75.5 Å². The van der Waals surface area contributed by atoms with Crippen LogP contribution in [-0.4, -0.2) is 126 Å². The van der Waals surface area contributed by atoms with Crippen LogP contribution in [0, 0.1) is 17.6 Å². The van der Waals surface area contributed by atoms with Crippen LogP contribution in [0.2, 0.25) is 0 Å². The molecule has 358 valence electrons. The molecule has 2 aromatic carbocycles. The Balaban J connectivity index is 0.817. The summed E-state index contributed by atoms with van der Waals surface area (Å²) in [5.41, 5.74) is -0.00636. The first-order valence-corrected chi connectivity index (χ1v) is 23.6. The molecule has 1 aliphatic carbocycles. The lowest BCUT2D eigenvalue weighted by Crippen LogP contribution is -2.55. The summed E-state index contributed by atoms with van der Waals surface area (Å²) in [4.78, 5) is 82.0. The van der Waals surface area contributed by atoms with Gasteiger partial charge in [0.15, 0.2) is 5.82 Å². The number of hydrogen-bond donors (Lipinski definition) is 4. The molecule has 6 heterocycles. The Hall–Kier alpha value is -5.95. The van der Waals surface area contributed by atoms with E-state index in [1.54, 1.807) is 41.2 Å². The summed E-state index contributed by atoms with van der Waals surface area (Å²) in [5, 5.41) is 18.8. The molecule has 1 spiro atoms. The summed E-state index contributed by atoms with van der Waals surface area (Å²) in [6.45, 7) is 3.58. The second-order valence-corrected chi connectivity index (χ2v) is 19.0. The van der Waals surface area contributed by atoms with Gasteiger partial charge in [-0.3, -0.25) is 29.3 Å². The van der Waals surface area contributed by atoms with Crippen LogP contribution in [0.15, 0.2) is 36.5 Å². The largest absolute Gasteiger partial charge is 0.495 e. The number of benzene rings is 2. The monoisotopic (exact) mass is 927 g/mol. The lowest BCUT2D eigenvalue weighted by molar-refractivity contribution is -0.139. The van der Waals surface area contributed by atoms with E-state index < -0.39 is 40.5 Å². The summed E-state index contributed by atoms with van der Waals surface area (Å²) in [7, 11) is 3.27. The second kappa shape index (κ2) is 18.6. The number of amides is 5. The number of likely N-dealkylation sites (N-methyl/N-ethyl adjacent to an activating group) is 1. The maximum absolute atomic E-state index is 15.3. The molecule has 4 N–H and O–H groups in total. The van der Waals surface area contributed by atoms with E-state index in [-0.39, 0.29) is 86.0 Å². The minimum absolute atomic E-state index is 0.000185. The number of imide groups is 1. The molecule has 5 amide bonds. The number of likely N-dealkylation sites (tertiary alicyclic amines) is 1. The van der Waals surface area contributed by atoms with Gasteiger partial charge in [0.2, 0.25) is 29.6 Å². The molecule has 1 saturated carbocycles. The van der Waals surface area contributed by atoms with E-state index in [2.05, 4.69) is 25.8 Å². The first-order chi connectivity index (χ1) is 32.2. The summed E-state index contributed by atoms with van der Waals surface area (Å²) < 4.78 is 42.9. The number of methoxy groups -OCH3 is 1. The van der Waals surface area contributed by atoms with Gasteiger partial charge in [-0.2, -0.15) is 4.98 Å². The van der Waals surface area contributed by atoms with Gasteiger partial charge in [0.05, 0.1) is 48.6 Å². The van der Waals surface area contributed by atoms with Crippen molar-refractivity contribution in [1.82, 2.24) is 25.5 Å². The molecule has 67 heavy (non-hydrogen) atoms. The smallest absolute Gasteiger partial charge is 0.251 e. The van der Waals surface area contributed by atoms with Crippen LogP contribution in [0.25, 0.3) is 0 Å². The Morgan fingerprint density at radius 3 is 2.46 bits per heavy atom. The van der Waals surface area contributed by atoms with E-state index >= 15 is 8.78 Å². The first kappa shape index (κ1) is 46.2. The Kier molecular flexibility index (Phi) is 12.8. The maximum atomic E-state index is 15.3. The van der Waals surface area contributed by atoms with Gasteiger partial charge in [-0.25, -0.2) is 13.8 Å². The highest BCUT2D eigenvalue weighted by Gasteiger charge is 2.52. The van der Waals surface area contributed by atoms with E-state index in [0.29, 0.717) is 86.2 Å². The molecule has 6 aliphatic rings. The van der Waals surface area contributed by atoms with Gasteiger partial charge in [-0.1, -0.05) is 19.8 Å². The number of rotatable bonds is 12. The third-order valence-corrected chi connectivity index (χ3v) is 14.9. The summed E-state index contributed by atoms with van der Waals surface area (Å²) in [5.74, 6) is -3.33. The number of aliphatic hydroxyl groups is 1. The Morgan fingerprint density at radius 2 is 1.78 bits per heavy atom. The lowest BCUT2D eigenvalue weighted by Gasteiger charge is -2.43. The van der Waals surface area contributed by atoms with Crippen molar-refractivity contribution in [2.24, 2.45) is 5.92 Å². The maximum Gasteiger partial charge on any atom is 0.251 e. The van der Waals surface area contributed by atoms with E-state index in [1.165, 1.54) is 19.2 Å². The van der Waals surface area contributed by atoms with Crippen molar-refractivity contribution in [2.75, 3.05) is 73.6 Å². The van der Waals surface area contributed by atoms with Crippen molar-refractivity contribution in [3.05, 3.63) is 59.3 Å². The number of nitrogens with zero attached hydrogens (tertiary/aromatic N) is 6. The quantitative estimate of drug-likeness (QED) is 0.183. The number of carbonyl (C=O) groups is 5. The van der Waals surface area contributed by atoms with Crippen LogP contribution < -0.4 is 35.4 Å². The normalized spacial score (nSPS) is 25.2. The van der Waals surface area contributed by atoms with Crippen LogP contribution in [0.4, 0.5) is 37.6 Å². The van der Waals surface area contributed by atoms with Gasteiger partial charge < -0.3 is 44.8 Å². The highest BCUT2D eigenvalue weighted by molar-refractivity contribution is 6.04. The summed E-state index contributed by atoms with van der Waals surface area (Å²) >= 11 is 0. The van der Waals surface area contributed by atoms with Crippen molar-refractivity contribution in [2.45, 2.75) is 113 Å². The van der Waals surface area contributed by atoms with Gasteiger partial charge in [-0.15, -0.1) is 0 Å². The van der Waals surface area contributed by atoms with Gasteiger partial charge in [-0.05, 0) is 81.7 Å². The van der Waals surface area contributed by atoms with Crippen molar-refractivity contribution >= 4 is 58.4 Å². The SMILES string of the molecule is CC[C@@H]1C(=O)N(C)c2cnc(Nc3ccc(C(=O)NC4(CCO)COC5(CCN(C(=O)[C@H]6CCN(c7cc(F)c(C8CCC(=O)NC8=O)c(F)c7)C6)CC5)C4)cc3OC)nc2N1C1CCCC1. The van der Waals surface area contributed by atoms with Crippen molar-refractivity contribution in [3.8, 4) is 5.75 Å². The predicted octanol–water partition coefficient (Wildman–Crippen LogP) is 4.69. The average Bonchev–Trinajstić information content (AvgIpc) is 4.10. The number of anilines is 5. The molecule has 4 atom stereocenters. The number of aromatic nitrogens is 2. The molecular formula is C48H59F2N9O8. The Morgan fingerprint density at radius 1 is 1.03 bits per heavy atom. The third kappa shape index (κ3) is 8.87. The highest BCUT2D eigenvalue weighted by Crippen LogP contribution is 2.44. The molecule has 19 heteroatoms. The van der Waals surface area contributed by atoms with Crippen LogP contribution >= 0.6 is 0 Å². The van der Waals surface area contributed by atoms with Crippen LogP contribution in [0.1, 0.15) is 106 Å². The van der Waals surface area contributed by atoms with E-state index in [1.807, 2.05) is 11.8 Å². The first-order valence-electron chi connectivity index (χ1n) is 23.6. The Bertz CT molecular complexity index is 2420. The fraction of sp³-hybridized carbons (Fsp3) is 0.562. The minimum atomic E-state index is -1.09. The second-order valence-electron chi connectivity index (χ2n) is 19.0. The molecule has 3 aromatic rings. The standard InChI is InChI=1S/C48H59F2N9O8/c1-4-36-45(65)56(2)37-24-51-46(54-41(37)59(36)30-7-5-6-8-30)52-35-11-9-28(21-38(35)66-3)42(62)55-47(16-20-60)26-48(67-27-47)14-18-57(19-15-48)44(64)29-13-17-58(25-29)31-22-33(49)40(34(50)23-31)32-10-12-39(61)53-43(32)63/h9,11,21-24,29-30,32,36,60H,4-8,10,12-20,25-27H2,1-3H3,(H,55,62)(H,51,52,54)(H,53,61,63)/t29-,32?,36+,47?/m0/s1. The highest BCUT2D eigenvalue weighted by atomic mass is 19.1. The van der Waals surface area contributed by atoms with Crippen LogP contribution in [0.3, 0.4) is 0 Å². The van der Waals surface area contributed by atoms with Crippen molar-refractivity contribution in [3.63, 3.8) is 0 Å². The lowest BCUT2D eigenvalue weighted by atomic mass is 9.80. The zero-order valence-corrected chi connectivity index (χ0v) is 38.2. The van der Waals surface area contributed by atoms with Gasteiger partial charge in [0.1, 0.15) is 29.1 Å². The molecule has 5 fully saturated rings. The molecule has 4 saturated heterocycles. The molecule has 0 bridgehead atoms. The van der Waals surface area contributed by atoms with E-state index in [9.17, 15) is 29.1 Å². The molecule has 5 aliphatic heterocycles. The zero-order chi connectivity index (χ0) is 47.2. The third-order valence-electron chi connectivity index (χ3n) is 14.9. The Labute approximate surface area is 387 Å². The number of halogens is 2. The predicted molar refractivity (Wildman–Crippen MR) is 243 cm³/mol. The van der Waals surface area contributed by atoms with E-state index in [0.717, 1.165) is 25.7 Å². The van der Waals surface area contributed by atoms with Gasteiger partial charge in [0.25, 0.3) is 5.91 Å². The molecular weight excluding hydrogens is 869 g/mol. The fourth-order valence-electron chi connectivity index (χ4n) is 11.3. The van der Waals surface area contributed by atoms with Crippen molar-refractivity contribution < 1.29 is 47.3 Å². The molecule has 9 rings (SSSR count).